The van der Waals surface area contributed by atoms with Crippen molar-refractivity contribution in [1.82, 2.24) is 5.32 Å². The Morgan fingerprint density at radius 3 is 2.48 bits per heavy atom. The Balaban J connectivity index is 1.66. The van der Waals surface area contributed by atoms with Gasteiger partial charge in [0.05, 0.1) is 4.92 Å². The Bertz CT molecular complexity index is 746. The van der Waals surface area contributed by atoms with E-state index < -0.39 is 4.92 Å². The highest BCUT2D eigenvalue weighted by molar-refractivity contribution is 7.98. The van der Waals surface area contributed by atoms with E-state index in [2.05, 4.69) is 5.32 Å². The van der Waals surface area contributed by atoms with Crippen molar-refractivity contribution in [2.45, 2.75) is 5.75 Å². The van der Waals surface area contributed by atoms with Crippen LogP contribution in [0.1, 0.15) is 11.1 Å². The van der Waals surface area contributed by atoms with E-state index in [0.29, 0.717) is 6.54 Å². The predicted octanol–water partition coefficient (Wildman–Crippen LogP) is 4.31. The number of nitrogens with one attached hydrogen (secondary N) is 1. The quantitative estimate of drug-likeness (QED) is 0.322. The van der Waals surface area contributed by atoms with Crippen LogP contribution < -0.4 is 5.32 Å². The van der Waals surface area contributed by atoms with Crippen molar-refractivity contribution in [3.63, 3.8) is 0 Å². The van der Waals surface area contributed by atoms with Gasteiger partial charge in [-0.2, -0.15) is 11.8 Å². The molecule has 25 heavy (non-hydrogen) atoms. The van der Waals surface area contributed by atoms with Gasteiger partial charge in [-0.25, -0.2) is 0 Å². The first-order valence-electron chi connectivity index (χ1n) is 7.57. The summed E-state index contributed by atoms with van der Waals surface area (Å²) in [6, 6.07) is 13.7. The number of benzene rings is 2. The second-order valence-corrected chi connectivity index (χ2v) is 6.69. The molecule has 0 aliphatic heterocycles. The highest BCUT2D eigenvalue weighted by Crippen LogP contribution is 2.15. The van der Waals surface area contributed by atoms with Crippen LogP contribution in [0.5, 0.6) is 0 Å². The summed E-state index contributed by atoms with van der Waals surface area (Å²) in [5.74, 6) is 1.48. The molecule has 0 fully saturated rings. The molecule has 0 unspecified atom stereocenters. The molecule has 0 spiro atoms. The third kappa shape index (κ3) is 6.99. The summed E-state index contributed by atoms with van der Waals surface area (Å²) in [4.78, 5) is 21.8. The van der Waals surface area contributed by atoms with Crippen LogP contribution in [-0.4, -0.2) is 23.1 Å². The van der Waals surface area contributed by atoms with Gasteiger partial charge in [-0.1, -0.05) is 23.7 Å². The van der Waals surface area contributed by atoms with Crippen LogP contribution in [0.15, 0.2) is 54.6 Å². The van der Waals surface area contributed by atoms with Crippen molar-refractivity contribution in [3.8, 4) is 0 Å². The smallest absolute Gasteiger partial charge is 0.269 e. The van der Waals surface area contributed by atoms with Crippen LogP contribution in [0.2, 0.25) is 5.02 Å². The molecule has 0 saturated carbocycles. The van der Waals surface area contributed by atoms with Gasteiger partial charge in [0.15, 0.2) is 0 Å². The van der Waals surface area contributed by atoms with Crippen LogP contribution in [-0.2, 0) is 10.5 Å². The number of nitro benzene ring substituents is 1. The van der Waals surface area contributed by atoms with Crippen LogP contribution in [0.4, 0.5) is 5.69 Å². The monoisotopic (exact) mass is 376 g/mol. The van der Waals surface area contributed by atoms with E-state index in [4.69, 9.17) is 11.6 Å². The van der Waals surface area contributed by atoms with Crippen LogP contribution >= 0.6 is 23.4 Å². The van der Waals surface area contributed by atoms with E-state index in [-0.39, 0.29) is 11.6 Å². The molecule has 2 rings (SSSR count). The Kier molecular flexibility index (Phi) is 7.50. The third-order valence-electron chi connectivity index (χ3n) is 3.26. The number of hydrogen-bond acceptors (Lipinski definition) is 4. The first-order valence-corrected chi connectivity index (χ1v) is 9.10. The number of nitro groups is 1. The van der Waals surface area contributed by atoms with Crippen LogP contribution in [0, 0.1) is 10.1 Å². The van der Waals surface area contributed by atoms with Crippen LogP contribution in [0.3, 0.4) is 0 Å². The summed E-state index contributed by atoms with van der Waals surface area (Å²) in [5, 5.41) is 14.1. The molecule has 1 amide bonds. The van der Waals surface area contributed by atoms with E-state index in [1.165, 1.54) is 23.8 Å². The van der Waals surface area contributed by atoms with Gasteiger partial charge in [-0.15, -0.1) is 0 Å². The number of rotatable bonds is 8. The second-order valence-electron chi connectivity index (χ2n) is 5.15. The SMILES string of the molecule is O=C(/C=C/c1ccc([N+](=O)[O-])cc1)NCCSCc1ccc(Cl)cc1. The summed E-state index contributed by atoms with van der Waals surface area (Å²) >= 11 is 7.56. The molecular formula is C18H17ClN2O3S. The molecule has 0 aliphatic carbocycles. The van der Waals surface area contributed by atoms with Gasteiger partial charge < -0.3 is 5.32 Å². The van der Waals surface area contributed by atoms with Gasteiger partial charge in [-0.3, -0.25) is 14.9 Å². The van der Waals surface area contributed by atoms with Gasteiger partial charge in [0.25, 0.3) is 5.69 Å². The zero-order valence-electron chi connectivity index (χ0n) is 13.4. The summed E-state index contributed by atoms with van der Waals surface area (Å²) in [5.41, 5.74) is 1.95. The lowest BCUT2D eigenvalue weighted by Gasteiger charge is -2.03. The van der Waals surface area contributed by atoms with Gasteiger partial charge in [0.1, 0.15) is 0 Å². The van der Waals surface area contributed by atoms with Crippen molar-refractivity contribution in [1.29, 1.82) is 0 Å². The third-order valence-corrected chi connectivity index (χ3v) is 4.54. The lowest BCUT2D eigenvalue weighted by atomic mass is 10.2. The molecule has 2 aromatic rings. The standard InChI is InChI=1S/C18H17ClN2O3S/c19-16-6-1-15(2-7-16)13-25-12-11-20-18(22)10-5-14-3-8-17(9-4-14)21(23)24/h1-10H,11-13H2,(H,20,22)/b10-5+. The Labute approximate surface area is 155 Å². The largest absolute Gasteiger partial charge is 0.352 e. The maximum atomic E-state index is 11.7. The maximum Gasteiger partial charge on any atom is 0.269 e. The fourth-order valence-corrected chi connectivity index (χ4v) is 2.90. The second kappa shape index (κ2) is 9.86. The molecule has 0 aliphatic rings. The van der Waals surface area contributed by atoms with Gasteiger partial charge in [-0.05, 0) is 41.5 Å². The lowest BCUT2D eigenvalue weighted by molar-refractivity contribution is -0.384. The molecule has 2 aromatic carbocycles. The van der Waals surface area contributed by atoms with Crippen molar-refractivity contribution in [2.75, 3.05) is 12.3 Å². The predicted molar refractivity (Wildman–Crippen MR) is 103 cm³/mol. The Morgan fingerprint density at radius 2 is 1.84 bits per heavy atom. The zero-order valence-corrected chi connectivity index (χ0v) is 14.9. The molecule has 0 radical (unpaired) electrons. The zero-order chi connectivity index (χ0) is 18.1. The van der Waals surface area contributed by atoms with E-state index in [1.807, 2.05) is 24.3 Å². The van der Waals surface area contributed by atoms with E-state index in [1.54, 1.807) is 30.0 Å². The van der Waals surface area contributed by atoms with Crippen LogP contribution in [0.25, 0.3) is 6.08 Å². The minimum Gasteiger partial charge on any atom is -0.352 e. The molecule has 130 valence electrons. The van der Waals surface area contributed by atoms with Gasteiger partial charge >= 0.3 is 0 Å². The fraction of sp³-hybridized carbons (Fsp3) is 0.167. The molecular weight excluding hydrogens is 360 g/mol. The minimum atomic E-state index is -0.456. The summed E-state index contributed by atoms with van der Waals surface area (Å²) in [6.45, 7) is 0.571. The maximum absolute atomic E-state index is 11.7. The highest BCUT2D eigenvalue weighted by Gasteiger charge is 2.02. The summed E-state index contributed by atoms with van der Waals surface area (Å²) in [6.07, 6.45) is 3.05. The number of thioether (sulfide) groups is 1. The minimum absolute atomic E-state index is 0.0271. The molecule has 0 aromatic heterocycles. The van der Waals surface area contributed by atoms with E-state index in [0.717, 1.165) is 22.1 Å². The number of nitrogens with zero attached hydrogens (tertiary/aromatic N) is 1. The first kappa shape index (κ1) is 19.0. The normalized spacial score (nSPS) is 10.8. The van der Waals surface area contributed by atoms with Crippen molar-refractivity contribution in [3.05, 3.63) is 80.9 Å². The highest BCUT2D eigenvalue weighted by atomic mass is 35.5. The number of non-ortho nitro benzene ring substituents is 1. The molecule has 0 heterocycles. The topological polar surface area (TPSA) is 72.2 Å². The van der Waals surface area contributed by atoms with E-state index in [9.17, 15) is 14.9 Å². The average molecular weight is 377 g/mol. The number of halogens is 1. The molecule has 5 nitrogen and oxygen atoms in total. The molecule has 0 atom stereocenters. The number of carbonyl (C=O) groups is 1. The fourth-order valence-electron chi connectivity index (χ4n) is 1.96. The van der Waals surface area contributed by atoms with Crippen molar-refractivity contribution in [2.24, 2.45) is 0 Å². The van der Waals surface area contributed by atoms with Crippen molar-refractivity contribution >= 4 is 41.0 Å². The molecule has 1 N–H and O–H groups in total. The molecule has 0 saturated heterocycles. The van der Waals surface area contributed by atoms with Gasteiger partial charge in [0.2, 0.25) is 5.91 Å². The number of amides is 1. The van der Waals surface area contributed by atoms with Crippen molar-refractivity contribution < 1.29 is 9.72 Å². The number of carbonyl (C=O) groups excluding carboxylic acids is 1. The summed E-state index contributed by atoms with van der Waals surface area (Å²) in [7, 11) is 0. The molecule has 0 bridgehead atoms. The van der Waals surface area contributed by atoms with E-state index >= 15 is 0 Å². The van der Waals surface area contributed by atoms with Gasteiger partial charge in [0, 0.05) is 41.3 Å². The molecule has 7 heteroatoms. The first-order chi connectivity index (χ1) is 12.0. The summed E-state index contributed by atoms with van der Waals surface area (Å²) < 4.78 is 0. The lowest BCUT2D eigenvalue weighted by Crippen LogP contribution is -2.23. The average Bonchev–Trinajstić information content (AvgIpc) is 2.61. The Hall–Kier alpha value is -2.31. The number of hydrogen-bond donors (Lipinski definition) is 1. The Morgan fingerprint density at radius 1 is 1.16 bits per heavy atom.